The number of carbonyl (C=O) groups is 1. The average molecular weight is 286 g/mol. The summed E-state index contributed by atoms with van der Waals surface area (Å²) in [5.74, 6) is 0.698. The summed E-state index contributed by atoms with van der Waals surface area (Å²) in [6.07, 6.45) is 0.314. The van der Waals surface area contributed by atoms with Crippen molar-refractivity contribution in [3.63, 3.8) is 0 Å². The van der Waals surface area contributed by atoms with Crippen LogP contribution in [0.25, 0.3) is 0 Å². The van der Waals surface area contributed by atoms with Crippen LogP contribution in [-0.2, 0) is 11.2 Å². The summed E-state index contributed by atoms with van der Waals surface area (Å²) in [4.78, 5) is 11.1. The number of alkyl carbamates (subject to hydrolysis) is 1. The first-order chi connectivity index (χ1) is 9.08. The van der Waals surface area contributed by atoms with E-state index >= 15 is 0 Å². The third-order valence-corrected chi connectivity index (χ3v) is 2.92. The molecule has 1 rings (SSSR count). The van der Waals surface area contributed by atoms with Crippen LogP contribution in [0.1, 0.15) is 25.0 Å². The lowest BCUT2D eigenvalue weighted by Crippen LogP contribution is -2.26. The topological polar surface area (TPSA) is 47.6 Å². The van der Waals surface area contributed by atoms with Crippen molar-refractivity contribution in [1.29, 1.82) is 0 Å². The van der Waals surface area contributed by atoms with Gasteiger partial charge in [-0.15, -0.1) is 0 Å². The minimum absolute atomic E-state index is 0.375. The summed E-state index contributed by atoms with van der Waals surface area (Å²) in [5.41, 5.74) is 2.18. The van der Waals surface area contributed by atoms with Gasteiger partial charge in [0, 0.05) is 6.54 Å². The molecule has 1 N–H and O–H groups in total. The molecule has 1 aromatic carbocycles. The number of ether oxygens (including phenoxy) is 2. The summed E-state index contributed by atoms with van der Waals surface area (Å²) in [7, 11) is 0. The van der Waals surface area contributed by atoms with Crippen LogP contribution in [0.5, 0.6) is 5.75 Å². The highest BCUT2D eigenvalue weighted by Gasteiger charge is 2.07. The Morgan fingerprint density at radius 1 is 1.32 bits per heavy atom. The highest BCUT2D eigenvalue weighted by molar-refractivity contribution is 6.32. The molecule has 0 atom stereocenters. The van der Waals surface area contributed by atoms with Crippen LogP contribution in [0.4, 0.5) is 4.79 Å². The van der Waals surface area contributed by atoms with Gasteiger partial charge in [-0.3, -0.25) is 0 Å². The molecule has 0 saturated heterocycles. The van der Waals surface area contributed by atoms with Crippen molar-refractivity contribution in [3.05, 3.63) is 28.3 Å². The maximum atomic E-state index is 11.1. The molecule has 0 heterocycles. The van der Waals surface area contributed by atoms with Gasteiger partial charge in [0.15, 0.2) is 0 Å². The fourth-order valence-corrected chi connectivity index (χ4v) is 1.95. The first kappa shape index (κ1) is 15.6. The Bertz CT molecular complexity index is 435. The molecule has 106 valence electrons. The van der Waals surface area contributed by atoms with Gasteiger partial charge in [-0.25, -0.2) is 4.79 Å². The van der Waals surface area contributed by atoms with Crippen LogP contribution in [-0.4, -0.2) is 25.9 Å². The van der Waals surface area contributed by atoms with Gasteiger partial charge in [-0.05, 0) is 50.5 Å². The van der Waals surface area contributed by atoms with Gasteiger partial charge < -0.3 is 14.8 Å². The largest absolute Gasteiger partial charge is 0.492 e. The van der Waals surface area contributed by atoms with Crippen molar-refractivity contribution in [2.75, 3.05) is 19.8 Å². The van der Waals surface area contributed by atoms with Crippen LogP contribution >= 0.6 is 11.6 Å². The van der Waals surface area contributed by atoms with Crippen LogP contribution in [0.3, 0.4) is 0 Å². The van der Waals surface area contributed by atoms with Crippen molar-refractivity contribution >= 4 is 17.7 Å². The predicted molar refractivity (Wildman–Crippen MR) is 76.1 cm³/mol. The molecule has 0 unspecified atom stereocenters. The van der Waals surface area contributed by atoms with E-state index in [1.807, 2.05) is 26.0 Å². The van der Waals surface area contributed by atoms with E-state index in [1.54, 1.807) is 6.92 Å². The normalized spacial score (nSPS) is 10.1. The molecule has 4 nitrogen and oxygen atoms in total. The van der Waals surface area contributed by atoms with Gasteiger partial charge in [0.1, 0.15) is 5.75 Å². The zero-order valence-corrected chi connectivity index (χ0v) is 12.3. The Morgan fingerprint density at radius 3 is 2.68 bits per heavy atom. The van der Waals surface area contributed by atoms with Gasteiger partial charge in [0.2, 0.25) is 0 Å². The monoisotopic (exact) mass is 285 g/mol. The Hall–Kier alpha value is -1.42. The van der Waals surface area contributed by atoms with Gasteiger partial charge in [0.05, 0.1) is 18.2 Å². The number of hydrogen-bond donors (Lipinski definition) is 1. The van der Waals surface area contributed by atoms with Crippen molar-refractivity contribution in [2.24, 2.45) is 0 Å². The molecular weight excluding hydrogens is 266 g/mol. The molecule has 19 heavy (non-hydrogen) atoms. The number of nitrogens with one attached hydrogen (secondary N) is 1. The van der Waals surface area contributed by atoms with E-state index in [1.165, 1.54) is 0 Å². The molecule has 0 bridgehead atoms. The summed E-state index contributed by atoms with van der Waals surface area (Å²) < 4.78 is 10.2. The molecule has 1 aromatic rings. The Kier molecular flexibility index (Phi) is 6.50. The van der Waals surface area contributed by atoms with Crippen molar-refractivity contribution in [2.45, 2.75) is 27.2 Å². The fraction of sp³-hybridized carbons (Fsp3) is 0.500. The van der Waals surface area contributed by atoms with E-state index < -0.39 is 6.09 Å². The minimum atomic E-state index is -0.391. The van der Waals surface area contributed by atoms with Crippen LogP contribution in [0, 0.1) is 6.92 Å². The number of hydrogen-bond acceptors (Lipinski definition) is 3. The molecular formula is C14H20ClNO3. The maximum Gasteiger partial charge on any atom is 0.407 e. The summed E-state index contributed by atoms with van der Waals surface area (Å²) in [6.45, 7) is 7.17. The van der Waals surface area contributed by atoms with E-state index in [2.05, 4.69) is 5.32 Å². The quantitative estimate of drug-likeness (QED) is 0.872. The van der Waals surface area contributed by atoms with Crippen LogP contribution in [0.2, 0.25) is 5.02 Å². The second-order valence-corrected chi connectivity index (χ2v) is 4.45. The zero-order chi connectivity index (χ0) is 14.3. The standard InChI is InChI=1S/C14H20ClNO3/c1-4-18-13-8-10(3)11(9-12(13)15)6-7-16-14(17)19-5-2/h8-9H,4-7H2,1-3H3,(H,16,17). The predicted octanol–water partition coefficient (Wildman–Crippen LogP) is 3.34. The lowest BCUT2D eigenvalue weighted by molar-refractivity contribution is 0.152. The molecule has 1 amide bonds. The number of amides is 1. The number of benzene rings is 1. The molecule has 0 saturated carbocycles. The molecule has 0 spiro atoms. The van der Waals surface area contributed by atoms with Gasteiger partial charge in [-0.2, -0.15) is 0 Å². The first-order valence-corrected chi connectivity index (χ1v) is 6.78. The minimum Gasteiger partial charge on any atom is -0.492 e. The van der Waals surface area contributed by atoms with E-state index in [0.717, 1.165) is 11.1 Å². The lowest BCUT2D eigenvalue weighted by Gasteiger charge is -2.12. The van der Waals surface area contributed by atoms with Crippen molar-refractivity contribution in [3.8, 4) is 5.75 Å². The first-order valence-electron chi connectivity index (χ1n) is 6.40. The van der Waals surface area contributed by atoms with Crippen LogP contribution in [0.15, 0.2) is 12.1 Å². The highest BCUT2D eigenvalue weighted by atomic mass is 35.5. The lowest BCUT2D eigenvalue weighted by atomic mass is 10.1. The molecule has 0 radical (unpaired) electrons. The molecule has 0 aliphatic rings. The van der Waals surface area contributed by atoms with Crippen LogP contribution < -0.4 is 10.1 Å². The fourth-order valence-electron chi connectivity index (χ4n) is 1.71. The SMILES string of the molecule is CCOC(=O)NCCc1cc(Cl)c(OCC)cc1C. The number of rotatable bonds is 6. The number of aryl methyl sites for hydroxylation is 1. The third kappa shape index (κ3) is 4.99. The van der Waals surface area contributed by atoms with Crippen molar-refractivity contribution in [1.82, 2.24) is 5.32 Å². The Morgan fingerprint density at radius 2 is 2.05 bits per heavy atom. The summed E-state index contributed by atoms with van der Waals surface area (Å²) >= 11 is 6.13. The number of halogens is 1. The average Bonchev–Trinajstić information content (AvgIpc) is 2.35. The molecule has 5 heteroatoms. The van der Waals surface area contributed by atoms with E-state index in [0.29, 0.717) is 37.0 Å². The zero-order valence-electron chi connectivity index (χ0n) is 11.6. The maximum absolute atomic E-state index is 11.1. The van der Waals surface area contributed by atoms with Gasteiger partial charge in [-0.1, -0.05) is 11.6 Å². The third-order valence-electron chi connectivity index (χ3n) is 2.63. The highest BCUT2D eigenvalue weighted by Crippen LogP contribution is 2.28. The second-order valence-electron chi connectivity index (χ2n) is 4.04. The van der Waals surface area contributed by atoms with E-state index in [9.17, 15) is 4.79 Å². The molecule has 0 aliphatic carbocycles. The summed E-state index contributed by atoms with van der Waals surface area (Å²) in [6, 6.07) is 3.81. The molecule has 0 aliphatic heterocycles. The van der Waals surface area contributed by atoms with E-state index in [-0.39, 0.29) is 0 Å². The summed E-state index contributed by atoms with van der Waals surface area (Å²) in [5, 5.41) is 3.28. The smallest absolute Gasteiger partial charge is 0.407 e. The Balaban J connectivity index is 2.59. The Labute approximate surface area is 119 Å². The second kappa shape index (κ2) is 7.89. The van der Waals surface area contributed by atoms with E-state index in [4.69, 9.17) is 21.1 Å². The number of carbonyl (C=O) groups excluding carboxylic acids is 1. The van der Waals surface area contributed by atoms with Crippen molar-refractivity contribution < 1.29 is 14.3 Å². The molecule has 0 fully saturated rings. The molecule has 0 aromatic heterocycles. The van der Waals surface area contributed by atoms with Gasteiger partial charge in [0.25, 0.3) is 0 Å². The van der Waals surface area contributed by atoms with Gasteiger partial charge >= 0.3 is 6.09 Å².